The van der Waals surface area contributed by atoms with Crippen LogP contribution in [0.15, 0.2) is 42.5 Å². The number of benzene rings is 2. The van der Waals surface area contributed by atoms with Gasteiger partial charge in [-0.1, -0.05) is 24.3 Å². The summed E-state index contributed by atoms with van der Waals surface area (Å²) in [6.45, 7) is 1.33. The van der Waals surface area contributed by atoms with Gasteiger partial charge in [-0.25, -0.2) is 4.39 Å². The fourth-order valence-corrected chi connectivity index (χ4v) is 1.99. The molecule has 0 bridgehead atoms. The Morgan fingerprint density at radius 3 is 2.75 bits per heavy atom. The van der Waals surface area contributed by atoms with Gasteiger partial charge >= 0.3 is 0 Å². The molecule has 2 aromatic rings. The van der Waals surface area contributed by atoms with Crippen molar-refractivity contribution in [2.24, 2.45) is 0 Å². The monoisotopic (exact) mass is 275 g/mol. The van der Waals surface area contributed by atoms with Crippen LogP contribution in [0, 0.1) is 5.82 Å². The van der Waals surface area contributed by atoms with Crippen LogP contribution in [0.1, 0.15) is 11.1 Å². The molecular weight excluding hydrogens is 257 g/mol. The third kappa shape index (κ3) is 3.71. The summed E-state index contributed by atoms with van der Waals surface area (Å²) in [5, 5.41) is 12.7. The number of methoxy groups -OCH3 is 1. The second-order valence-corrected chi connectivity index (χ2v) is 4.52. The molecule has 0 radical (unpaired) electrons. The normalized spacial score (nSPS) is 10.5. The molecule has 0 unspecified atom stereocenters. The molecule has 4 heteroatoms. The van der Waals surface area contributed by atoms with Crippen molar-refractivity contribution in [3.05, 3.63) is 59.4 Å². The number of hydrogen-bond donors (Lipinski definition) is 2. The van der Waals surface area contributed by atoms with Crippen LogP contribution in [0.2, 0.25) is 0 Å². The van der Waals surface area contributed by atoms with Crippen LogP contribution in [0.3, 0.4) is 0 Å². The van der Waals surface area contributed by atoms with Crippen LogP contribution in [0.5, 0.6) is 11.5 Å². The molecular formula is C16H18FNO2. The van der Waals surface area contributed by atoms with E-state index in [0.717, 1.165) is 5.56 Å². The van der Waals surface area contributed by atoms with Crippen LogP contribution in [-0.4, -0.2) is 18.8 Å². The largest absolute Gasteiger partial charge is 0.504 e. The van der Waals surface area contributed by atoms with E-state index < -0.39 is 0 Å². The molecule has 2 rings (SSSR count). The van der Waals surface area contributed by atoms with Gasteiger partial charge in [-0.15, -0.1) is 0 Å². The molecule has 0 aliphatic rings. The molecule has 0 saturated heterocycles. The van der Waals surface area contributed by atoms with E-state index in [2.05, 4.69) is 5.32 Å². The second-order valence-electron chi connectivity index (χ2n) is 4.52. The van der Waals surface area contributed by atoms with Crippen molar-refractivity contribution >= 4 is 0 Å². The number of halogens is 1. The lowest BCUT2D eigenvalue weighted by Gasteiger charge is -2.08. The van der Waals surface area contributed by atoms with E-state index in [-0.39, 0.29) is 11.6 Å². The number of hydrogen-bond acceptors (Lipinski definition) is 3. The maximum atomic E-state index is 13.4. The smallest absolute Gasteiger partial charge is 0.160 e. The van der Waals surface area contributed by atoms with Gasteiger partial charge in [0.05, 0.1) is 7.11 Å². The SMILES string of the molecule is COc1cc(CNCCc2ccccc2F)ccc1O. The van der Waals surface area contributed by atoms with Gasteiger partial charge in [0.15, 0.2) is 11.5 Å². The summed E-state index contributed by atoms with van der Waals surface area (Å²) in [5.74, 6) is 0.418. The summed E-state index contributed by atoms with van der Waals surface area (Å²) in [7, 11) is 1.52. The summed E-state index contributed by atoms with van der Waals surface area (Å²) >= 11 is 0. The van der Waals surface area contributed by atoms with Crippen molar-refractivity contribution in [1.82, 2.24) is 5.32 Å². The molecule has 3 nitrogen and oxygen atoms in total. The van der Waals surface area contributed by atoms with E-state index in [1.54, 1.807) is 24.3 Å². The number of aromatic hydroxyl groups is 1. The Bertz CT molecular complexity index is 572. The standard InChI is InChI=1S/C16H18FNO2/c1-20-16-10-12(6-7-15(16)19)11-18-9-8-13-4-2-3-5-14(13)17/h2-7,10,18-19H,8-9,11H2,1H3. The van der Waals surface area contributed by atoms with E-state index in [1.807, 2.05) is 12.1 Å². The van der Waals surface area contributed by atoms with Crippen molar-refractivity contribution in [2.45, 2.75) is 13.0 Å². The van der Waals surface area contributed by atoms with Crippen molar-refractivity contribution in [3.63, 3.8) is 0 Å². The van der Waals surface area contributed by atoms with Crippen molar-refractivity contribution < 1.29 is 14.2 Å². The zero-order valence-electron chi connectivity index (χ0n) is 11.4. The summed E-state index contributed by atoms with van der Waals surface area (Å²) in [5.41, 5.74) is 1.72. The lowest BCUT2D eigenvalue weighted by molar-refractivity contribution is 0.373. The Hall–Kier alpha value is -2.07. The molecule has 0 aromatic heterocycles. The van der Waals surface area contributed by atoms with E-state index in [0.29, 0.717) is 30.8 Å². The Labute approximate surface area is 118 Å². The first kappa shape index (κ1) is 14.3. The van der Waals surface area contributed by atoms with Gasteiger partial charge in [0.2, 0.25) is 0 Å². The fraction of sp³-hybridized carbons (Fsp3) is 0.250. The summed E-state index contributed by atoms with van der Waals surface area (Å²) < 4.78 is 18.5. The van der Waals surface area contributed by atoms with Crippen LogP contribution < -0.4 is 10.1 Å². The molecule has 0 heterocycles. The Morgan fingerprint density at radius 2 is 2.00 bits per heavy atom. The van der Waals surface area contributed by atoms with Crippen LogP contribution in [0.4, 0.5) is 4.39 Å². The van der Waals surface area contributed by atoms with Crippen molar-refractivity contribution in [3.8, 4) is 11.5 Å². The topological polar surface area (TPSA) is 41.5 Å². The summed E-state index contributed by atoms with van der Waals surface area (Å²) in [4.78, 5) is 0. The van der Waals surface area contributed by atoms with E-state index in [1.165, 1.54) is 13.2 Å². The van der Waals surface area contributed by atoms with Crippen molar-refractivity contribution in [1.29, 1.82) is 0 Å². The Balaban J connectivity index is 1.83. The quantitative estimate of drug-likeness (QED) is 0.797. The minimum Gasteiger partial charge on any atom is -0.504 e. The zero-order chi connectivity index (χ0) is 14.4. The van der Waals surface area contributed by atoms with Crippen LogP contribution in [0.25, 0.3) is 0 Å². The molecule has 0 spiro atoms. The molecule has 20 heavy (non-hydrogen) atoms. The van der Waals surface area contributed by atoms with Gasteiger partial charge in [0.1, 0.15) is 5.82 Å². The molecule has 0 aliphatic heterocycles. The number of phenolic OH excluding ortho intramolecular Hbond substituents is 1. The first-order valence-corrected chi connectivity index (χ1v) is 6.50. The predicted octanol–water partition coefficient (Wildman–Crippen LogP) is 2.87. The van der Waals surface area contributed by atoms with Gasteiger partial charge in [-0.2, -0.15) is 0 Å². The molecule has 2 aromatic carbocycles. The third-order valence-electron chi connectivity index (χ3n) is 3.10. The maximum Gasteiger partial charge on any atom is 0.160 e. The lowest BCUT2D eigenvalue weighted by Crippen LogP contribution is -2.17. The predicted molar refractivity (Wildman–Crippen MR) is 76.5 cm³/mol. The first-order chi connectivity index (χ1) is 9.70. The number of rotatable bonds is 6. The average Bonchev–Trinajstić information content (AvgIpc) is 2.47. The van der Waals surface area contributed by atoms with Gasteiger partial charge < -0.3 is 15.2 Å². The Morgan fingerprint density at radius 1 is 1.20 bits per heavy atom. The van der Waals surface area contributed by atoms with E-state index in [9.17, 15) is 9.50 Å². The lowest BCUT2D eigenvalue weighted by atomic mass is 10.1. The van der Waals surface area contributed by atoms with Gasteiger partial charge in [-0.05, 0) is 42.3 Å². The maximum absolute atomic E-state index is 13.4. The highest BCUT2D eigenvalue weighted by molar-refractivity contribution is 5.41. The molecule has 0 atom stereocenters. The molecule has 106 valence electrons. The molecule has 0 amide bonds. The Kier molecular flexibility index (Phi) is 4.96. The fourth-order valence-electron chi connectivity index (χ4n) is 1.99. The van der Waals surface area contributed by atoms with Crippen LogP contribution >= 0.6 is 0 Å². The zero-order valence-corrected chi connectivity index (χ0v) is 11.4. The van der Waals surface area contributed by atoms with Gasteiger partial charge in [0.25, 0.3) is 0 Å². The average molecular weight is 275 g/mol. The summed E-state index contributed by atoms with van der Waals surface area (Å²) in [6, 6.07) is 12.0. The van der Waals surface area contributed by atoms with Gasteiger partial charge in [0, 0.05) is 6.54 Å². The minimum absolute atomic E-state index is 0.127. The van der Waals surface area contributed by atoms with Gasteiger partial charge in [-0.3, -0.25) is 0 Å². The van der Waals surface area contributed by atoms with E-state index in [4.69, 9.17) is 4.74 Å². The first-order valence-electron chi connectivity index (χ1n) is 6.50. The highest BCUT2D eigenvalue weighted by Crippen LogP contribution is 2.26. The summed E-state index contributed by atoms with van der Waals surface area (Å²) in [6.07, 6.45) is 0.641. The molecule has 0 aliphatic carbocycles. The molecule has 0 saturated carbocycles. The number of phenols is 1. The second kappa shape index (κ2) is 6.91. The molecule has 2 N–H and O–H groups in total. The van der Waals surface area contributed by atoms with Crippen molar-refractivity contribution in [2.75, 3.05) is 13.7 Å². The molecule has 0 fully saturated rings. The highest BCUT2D eigenvalue weighted by Gasteiger charge is 2.03. The number of ether oxygens (including phenoxy) is 1. The minimum atomic E-state index is -0.166. The number of nitrogens with one attached hydrogen (secondary N) is 1. The van der Waals surface area contributed by atoms with E-state index >= 15 is 0 Å². The highest BCUT2D eigenvalue weighted by atomic mass is 19.1. The van der Waals surface area contributed by atoms with Crippen LogP contribution in [-0.2, 0) is 13.0 Å². The third-order valence-corrected chi connectivity index (χ3v) is 3.10.